The number of aryl methyl sites for hydroxylation is 1. The number of methoxy groups -OCH3 is 2. The van der Waals surface area contributed by atoms with E-state index in [0.29, 0.717) is 40.6 Å². The highest BCUT2D eigenvalue weighted by Gasteiger charge is 2.35. The monoisotopic (exact) mass is 414 g/mol. The van der Waals surface area contributed by atoms with Gasteiger partial charge in [-0.3, -0.25) is 4.79 Å². The number of likely N-dealkylation sites (tertiary alicyclic amines) is 1. The van der Waals surface area contributed by atoms with Crippen molar-refractivity contribution in [1.82, 2.24) is 9.88 Å². The molecule has 1 aliphatic rings. The van der Waals surface area contributed by atoms with Gasteiger partial charge < -0.3 is 24.1 Å². The largest absolute Gasteiger partial charge is 0.497 e. The Kier molecular flexibility index (Phi) is 6.39. The Labute approximate surface area is 177 Å². The summed E-state index contributed by atoms with van der Waals surface area (Å²) in [6.45, 7) is 7.82. The third-order valence-electron chi connectivity index (χ3n) is 5.51. The average molecular weight is 415 g/mol. The standard InChI is InChI=1S/C23H30N2O5/c1-13(2)30-23(27)20-14(3)21(24-15(20)4)22(26)25-11-7-8-18(25)17-10-9-16(28-5)12-19(17)29-6/h9-10,12-13,18,24H,7-8,11H2,1-6H3. The molecule has 1 aromatic carbocycles. The molecule has 1 aromatic heterocycles. The number of hydrogen-bond donors (Lipinski definition) is 1. The molecule has 1 fully saturated rings. The fraction of sp³-hybridized carbons (Fsp3) is 0.478. The highest BCUT2D eigenvalue weighted by Crippen LogP contribution is 2.39. The minimum absolute atomic E-state index is 0.104. The third kappa shape index (κ3) is 4.01. The Morgan fingerprint density at radius 1 is 1.17 bits per heavy atom. The highest BCUT2D eigenvalue weighted by atomic mass is 16.5. The van der Waals surface area contributed by atoms with Crippen LogP contribution < -0.4 is 9.47 Å². The topological polar surface area (TPSA) is 80.9 Å². The molecule has 30 heavy (non-hydrogen) atoms. The molecule has 1 aliphatic heterocycles. The normalized spacial score (nSPS) is 16.1. The van der Waals surface area contributed by atoms with E-state index in [9.17, 15) is 9.59 Å². The van der Waals surface area contributed by atoms with Crippen LogP contribution in [0, 0.1) is 13.8 Å². The maximum atomic E-state index is 13.5. The van der Waals surface area contributed by atoms with Crippen molar-refractivity contribution in [2.24, 2.45) is 0 Å². The highest BCUT2D eigenvalue weighted by molar-refractivity contribution is 6.00. The zero-order valence-corrected chi connectivity index (χ0v) is 18.5. The number of H-pyrrole nitrogens is 1. The number of nitrogens with one attached hydrogen (secondary N) is 1. The third-order valence-corrected chi connectivity index (χ3v) is 5.51. The van der Waals surface area contributed by atoms with Crippen molar-refractivity contribution in [2.45, 2.75) is 52.7 Å². The minimum atomic E-state index is -0.412. The van der Waals surface area contributed by atoms with Crippen molar-refractivity contribution in [3.05, 3.63) is 46.3 Å². The van der Waals surface area contributed by atoms with Crippen LogP contribution in [0.25, 0.3) is 0 Å². The molecule has 0 bridgehead atoms. The number of rotatable bonds is 6. The Bertz CT molecular complexity index is 947. The summed E-state index contributed by atoms with van der Waals surface area (Å²) >= 11 is 0. The van der Waals surface area contributed by atoms with E-state index in [-0.39, 0.29) is 18.1 Å². The first-order chi connectivity index (χ1) is 14.3. The molecule has 2 aromatic rings. The molecular weight excluding hydrogens is 384 g/mol. The van der Waals surface area contributed by atoms with Crippen LogP contribution in [0.3, 0.4) is 0 Å². The first-order valence-electron chi connectivity index (χ1n) is 10.2. The van der Waals surface area contributed by atoms with E-state index in [1.165, 1.54) is 0 Å². The fourth-order valence-electron chi connectivity index (χ4n) is 4.11. The van der Waals surface area contributed by atoms with Gasteiger partial charge in [-0.05, 0) is 58.2 Å². The predicted molar refractivity (Wildman–Crippen MR) is 113 cm³/mol. The number of aromatic nitrogens is 1. The summed E-state index contributed by atoms with van der Waals surface area (Å²) in [5.41, 5.74) is 3.08. The van der Waals surface area contributed by atoms with E-state index in [1.54, 1.807) is 41.9 Å². The molecule has 7 nitrogen and oxygen atoms in total. The summed E-state index contributed by atoms with van der Waals surface area (Å²) in [5, 5.41) is 0. The van der Waals surface area contributed by atoms with Crippen LogP contribution in [0.2, 0.25) is 0 Å². The molecule has 0 saturated carbocycles. The summed E-state index contributed by atoms with van der Waals surface area (Å²) in [6, 6.07) is 5.56. The molecule has 1 atom stereocenters. The molecule has 2 heterocycles. The van der Waals surface area contributed by atoms with Crippen molar-refractivity contribution < 1.29 is 23.8 Å². The number of benzene rings is 1. The SMILES string of the molecule is COc1ccc(C2CCCN2C(=O)c2[nH]c(C)c(C(=O)OC(C)C)c2C)c(OC)c1. The van der Waals surface area contributed by atoms with Gasteiger partial charge >= 0.3 is 5.97 Å². The van der Waals surface area contributed by atoms with E-state index in [2.05, 4.69) is 4.98 Å². The zero-order valence-electron chi connectivity index (χ0n) is 18.5. The maximum absolute atomic E-state index is 13.5. The lowest BCUT2D eigenvalue weighted by molar-refractivity contribution is 0.0376. The maximum Gasteiger partial charge on any atom is 0.340 e. The van der Waals surface area contributed by atoms with Gasteiger partial charge in [0.25, 0.3) is 5.91 Å². The van der Waals surface area contributed by atoms with Gasteiger partial charge in [-0.2, -0.15) is 0 Å². The second kappa shape index (κ2) is 8.81. The van der Waals surface area contributed by atoms with Gasteiger partial charge in [-0.15, -0.1) is 0 Å². The number of esters is 1. The van der Waals surface area contributed by atoms with Crippen LogP contribution >= 0.6 is 0 Å². The van der Waals surface area contributed by atoms with Gasteiger partial charge in [0, 0.05) is 23.9 Å². The molecule has 7 heteroatoms. The molecular formula is C23H30N2O5. The molecule has 1 N–H and O–H groups in total. The molecule has 0 aliphatic carbocycles. The summed E-state index contributed by atoms with van der Waals surface area (Å²) in [4.78, 5) is 30.9. The molecule has 1 unspecified atom stereocenters. The number of hydrogen-bond acceptors (Lipinski definition) is 5. The summed E-state index contributed by atoms with van der Waals surface area (Å²) in [5.74, 6) is 0.861. The minimum Gasteiger partial charge on any atom is -0.497 e. The van der Waals surface area contributed by atoms with Crippen molar-refractivity contribution in [1.29, 1.82) is 0 Å². The molecule has 0 radical (unpaired) electrons. The van der Waals surface area contributed by atoms with E-state index < -0.39 is 5.97 Å². The van der Waals surface area contributed by atoms with Crippen molar-refractivity contribution >= 4 is 11.9 Å². The number of nitrogens with zero attached hydrogens (tertiary/aromatic N) is 1. The Hall–Kier alpha value is -2.96. The van der Waals surface area contributed by atoms with Crippen LogP contribution in [0.1, 0.15) is 70.4 Å². The second-order valence-corrected chi connectivity index (χ2v) is 7.84. The van der Waals surface area contributed by atoms with Crippen LogP contribution in [0.15, 0.2) is 18.2 Å². The molecule has 0 spiro atoms. The van der Waals surface area contributed by atoms with Crippen molar-refractivity contribution in [3.63, 3.8) is 0 Å². The van der Waals surface area contributed by atoms with Crippen LogP contribution in [-0.2, 0) is 4.74 Å². The van der Waals surface area contributed by atoms with Crippen molar-refractivity contribution in [3.8, 4) is 11.5 Å². The lowest BCUT2D eigenvalue weighted by atomic mass is 10.0. The molecule has 3 rings (SSSR count). The van der Waals surface area contributed by atoms with Crippen LogP contribution in [0.5, 0.6) is 11.5 Å². The van der Waals surface area contributed by atoms with Gasteiger partial charge in [0.15, 0.2) is 0 Å². The first-order valence-corrected chi connectivity index (χ1v) is 10.2. The molecule has 1 saturated heterocycles. The van der Waals surface area contributed by atoms with E-state index >= 15 is 0 Å². The smallest absolute Gasteiger partial charge is 0.340 e. The summed E-state index contributed by atoms with van der Waals surface area (Å²) in [7, 11) is 3.22. The Balaban J connectivity index is 1.93. The lowest BCUT2D eigenvalue weighted by Crippen LogP contribution is -2.31. The average Bonchev–Trinajstić information content (AvgIpc) is 3.30. The van der Waals surface area contributed by atoms with Gasteiger partial charge in [-0.1, -0.05) is 0 Å². The van der Waals surface area contributed by atoms with Crippen molar-refractivity contribution in [2.75, 3.05) is 20.8 Å². The number of aromatic amines is 1. The lowest BCUT2D eigenvalue weighted by Gasteiger charge is -2.26. The Morgan fingerprint density at radius 3 is 2.53 bits per heavy atom. The van der Waals surface area contributed by atoms with Gasteiger partial charge in [-0.25, -0.2) is 4.79 Å². The molecule has 1 amide bonds. The van der Waals surface area contributed by atoms with Crippen LogP contribution in [-0.4, -0.2) is 48.6 Å². The van der Waals surface area contributed by atoms with Gasteiger partial charge in [0.2, 0.25) is 0 Å². The quantitative estimate of drug-likeness (QED) is 0.717. The number of amides is 1. The molecule has 162 valence electrons. The second-order valence-electron chi connectivity index (χ2n) is 7.84. The Morgan fingerprint density at radius 2 is 1.90 bits per heavy atom. The summed E-state index contributed by atoms with van der Waals surface area (Å²) in [6.07, 6.45) is 1.51. The summed E-state index contributed by atoms with van der Waals surface area (Å²) < 4.78 is 16.2. The van der Waals surface area contributed by atoms with E-state index in [4.69, 9.17) is 14.2 Å². The van der Waals surface area contributed by atoms with Gasteiger partial charge in [0.1, 0.15) is 17.2 Å². The van der Waals surface area contributed by atoms with Crippen LogP contribution in [0.4, 0.5) is 0 Å². The first kappa shape index (κ1) is 21.7. The number of ether oxygens (including phenoxy) is 3. The predicted octanol–water partition coefficient (Wildman–Crippen LogP) is 4.19. The number of carbonyl (C=O) groups is 2. The zero-order chi connectivity index (χ0) is 22.0. The fourth-order valence-corrected chi connectivity index (χ4v) is 4.11. The van der Waals surface area contributed by atoms with E-state index in [1.807, 2.05) is 23.1 Å². The van der Waals surface area contributed by atoms with Gasteiger partial charge in [0.05, 0.1) is 31.9 Å². The van der Waals surface area contributed by atoms with E-state index in [0.717, 1.165) is 18.4 Å². The number of carbonyl (C=O) groups excluding carboxylic acids is 2.